The Labute approximate surface area is 662 Å². The molecule has 536 valence electrons. The van der Waals surface area contributed by atoms with Crippen LogP contribution in [-0.2, 0) is 10.8 Å². The second-order valence-corrected chi connectivity index (χ2v) is 33.1. The van der Waals surface area contributed by atoms with Crippen LogP contribution < -0.4 is 0 Å². The molecular weight excluding hydrogens is 1380 g/mol. The molecule has 4 heteroatoms. The summed E-state index contributed by atoms with van der Waals surface area (Å²) in [7, 11) is 0. The van der Waals surface area contributed by atoms with E-state index in [1.165, 1.54) is 197 Å². The van der Waals surface area contributed by atoms with Gasteiger partial charge in [0.1, 0.15) is 0 Å². The molecule has 0 saturated heterocycles. The largest absolute Gasteiger partial charge is 0.308 e. The molecule has 0 bridgehead atoms. The van der Waals surface area contributed by atoms with Crippen LogP contribution in [0.5, 0.6) is 0 Å². The highest BCUT2D eigenvalue weighted by atomic mass is 14.9. The first-order valence-corrected chi connectivity index (χ1v) is 39.4. The Bertz CT molecular complexity index is 7320. The minimum atomic E-state index is 0.119. The summed E-state index contributed by atoms with van der Waals surface area (Å²) in [5, 5.41) is 19.8. The summed E-state index contributed by atoms with van der Waals surface area (Å²) in [6, 6.07) is 129. The minimum Gasteiger partial charge on any atom is -0.308 e. The first-order chi connectivity index (χ1) is 55.6. The molecule has 0 spiro atoms. The van der Waals surface area contributed by atoms with Crippen molar-refractivity contribution in [3.05, 3.63) is 386 Å². The zero-order chi connectivity index (χ0) is 76.8. The Balaban J connectivity index is 0.000000144. The van der Waals surface area contributed by atoms with Gasteiger partial charge in [-0.2, -0.15) is 0 Å². The van der Waals surface area contributed by atoms with Crippen LogP contribution in [0.15, 0.2) is 352 Å². The second-order valence-electron chi connectivity index (χ2n) is 33.1. The molecule has 22 rings (SSSR count). The highest BCUT2D eigenvalue weighted by Crippen LogP contribution is 2.48. The van der Waals surface area contributed by atoms with E-state index in [2.05, 4.69) is 388 Å². The average Bonchev–Trinajstić information content (AvgIpc) is 1.54. The Hall–Kier alpha value is -14.4. The van der Waals surface area contributed by atoms with Crippen molar-refractivity contribution in [3.63, 3.8) is 0 Å². The van der Waals surface area contributed by atoms with Gasteiger partial charge in [-0.1, -0.05) is 296 Å². The summed E-state index contributed by atoms with van der Waals surface area (Å²) in [6.45, 7) is 28.6. The number of rotatable bonds is 8. The van der Waals surface area contributed by atoms with Crippen LogP contribution in [0, 0.1) is 13.1 Å². The van der Waals surface area contributed by atoms with Gasteiger partial charge in [0.25, 0.3) is 0 Å². The van der Waals surface area contributed by atoms with Gasteiger partial charge in [0, 0.05) is 43.1 Å². The van der Waals surface area contributed by atoms with E-state index < -0.39 is 0 Å². The molecule has 0 aliphatic heterocycles. The molecule has 0 saturated carbocycles. The monoisotopic (exact) mass is 1450 g/mol. The van der Waals surface area contributed by atoms with Crippen LogP contribution >= 0.6 is 0 Å². The van der Waals surface area contributed by atoms with Crippen molar-refractivity contribution in [2.75, 3.05) is 0 Å². The van der Waals surface area contributed by atoms with Gasteiger partial charge in [-0.25, -0.2) is 9.69 Å². The Morgan fingerprint density at radius 1 is 0.193 bits per heavy atom. The molecule has 0 aliphatic carbocycles. The van der Waals surface area contributed by atoms with Gasteiger partial charge in [-0.05, 0) is 251 Å². The van der Waals surface area contributed by atoms with Gasteiger partial charge in [0.2, 0.25) is 0 Å². The summed E-state index contributed by atoms with van der Waals surface area (Å²) in [4.78, 5) is 7.29. The number of benzene rings is 18. The van der Waals surface area contributed by atoms with Crippen molar-refractivity contribution in [3.8, 4) is 89.0 Å². The predicted octanol–water partition coefficient (Wildman–Crippen LogP) is 31.3. The maximum atomic E-state index is 7.51. The van der Waals surface area contributed by atoms with Crippen molar-refractivity contribution in [2.24, 2.45) is 0 Å². The summed E-state index contributed by atoms with van der Waals surface area (Å²) in [6.07, 6.45) is 0. The molecule has 0 aliphatic rings. The second kappa shape index (κ2) is 26.1. The third-order valence-electron chi connectivity index (χ3n) is 24.1. The van der Waals surface area contributed by atoms with Gasteiger partial charge in [-0.15, -0.1) is 0 Å². The van der Waals surface area contributed by atoms with Crippen molar-refractivity contribution in [1.82, 2.24) is 8.80 Å². The first-order valence-electron chi connectivity index (χ1n) is 39.4. The highest BCUT2D eigenvalue weighted by Gasteiger charge is 2.25. The summed E-state index contributed by atoms with van der Waals surface area (Å²) < 4.78 is 5.01. The van der Waals surface area contributed by atoms with Crippen LogP contribution in [0.4, 0.5) is 11.4 Å². The highest BCUT2D eigenvalue weighted by molar-refractivity contribution is 6.29. The third-order valence-corrected chi connectivity index (χ3v) is 24.1. The standard InChI is InChI=1S/C57H34N2.C53H42N2/c1-58-50-26-24-42(25-27-50)49-32-53-51-30-45-22-20-43(40-16-12-38(13-17-40)36-8-4-2-5-9-36)28-47(45)34-55(51)59-56-35-48-29-44(21-23-46(48)31-52(56)54(33-49)57(53)59)41-18-14-39(15-19-41)37-10-6-3-7-11-37;1-52(2,3)42-18-12-32(13-19-42)35-8-10-37-26-45-47-28-41(34-16-22-44(54-7)23-17-34)29-48-46-27-38-11-9-36(33-14-20-43(21-15-33)53(4,5)6)25-40(38)31-50(46)55(51(47)48)49(45)30-39(37)24-35/h2-35H;8-31H,1-6H3. The molecule has 0 amide bonds. The van der Waals surface area contributed by atoms with Crippen LogP contribution in [0.25, 0.3) is 218 Å². The molecule has 0 fully saturated rings. The van der Waals surface area contributed by atoms with Crippen molar-refractivity contribution >= 4 is 131 Å². The third kappa shape index (κ3) is 11.5. The zero-order valence-corrected chi connectivity index (χ0v) is 64.3. The Morgan fingerprint density at radius 3 is 0.667 bits per heavy atom. The minimum absolute atomic E-state index is 0.119. The zero-order valence-electron chi connectivity index (χ0n) is 64.3. The van der Waals surface area contributed by atoms with Crippen LogP contribution in [-0.4, -0.2) is 8.80 Å². The lowest BCUT2D eigenvalue weighted by atomic mass is 9.86. The van der Waals surface area contributed by atoms with Gasteiger partial charge in [0.05, 0.1) is 46.2 Å². The van der Waals surface area contributed by atoms with Gasteiger partial charge in [0.15, 0.2) is 11.4 Å². The molecule has 4 heterocycles. The Kier molecular flexibility index (Phi) is 15.5. The van der Waals surface area contributed by atoms with Crippen LogP contribution in [0.1, 0.15) is 52.7 Å². The lowest BCUT2D eigenvalue weighted by Crippen LogP contribution is -2.10. The molecule has 0 unspecified atom stereocenters. The fourth-order valence-electron chi connectivity index (χ4n) is 17.9. The fourth-order valence-corrected chi connectivity index (χ4v) is 17.9. The van der Waals surface area contributed by atoms with E-state index in [9.17, 15) is 0 Å². The van der Waals surface area contributed by atoms with Gasteiger partial charge < -0.3 is 8.80 Å². The van der Waals surface area contributed by atoms with E-state index in [0.717, 1.165) is 22.3 Å². The van der Waals surface area contributed by atoms with Crippen molar-refractivity contribution < 1.29 is 0 Å². The summed E-state index contributed by atoms with van der Waals surface area (Å²) in [5.74, 6) is 0. The maximum Gasteiger partial charge on any atom is 0.187 e. The quantitative estimate of drug-likeness (QED) is 0.135. The smallest absolute Gasteiger partial charge is 0.187 e. The van der Waals surface area contributed by atoms with Crippen LogP contribution in [0.3, 0.4) is 0 Å². The molecular formula is C110H76N4. The van der Waals surface area contributed by atoms with E-state index in [-0.39, 0.29) is 10.8 Å². The molecule has 4 nitrogen and oxygen atoms in total. The summed E-state index contributed by atoms with van der Waals surface area (Å²) in [5.41, 5.74) is 30.7. The number of hydrogen-bond donors (Lipinski definition) is 0. The average molecular weight is 1450 g/mol. The van der Waals surface area contributed by atoms with E-state index in [4.69, 9.17) is 13.1 Å². The fraction of sp³-hybridized carbons (Fsp3) is 0.0727. The first kappa shape index (κ1) is 67.7. The molecule has 0 atom stereocenters. The number of aromatic nitrogens is 2. The normalized spacial score (nSPS) is 12.1. The lowest BCUT2D eigenvalue weighted by molar-refractivity contribution is 0.590. The predicted molar refractivity (Wildman–Crippen MR) is 486 cm³/mol. The Morgan fingerprint density at radius 2 is 0.412 bits per heavy atom. The van der Waals surface area contributed by atoms with E-state index in [1.54, 1.807) is 0 Å². The van der Waals surface area contributed by atoms with Gasteiger partial charge in [-0.3, -0.25) is 0 Å². The topological polar surface area (TPSA) is 17.5 Å². The molecule has 4 aromatic heterocycles. The number of hydrogen-bond acceptors (Lipinski definition) is 0. The molecule has 114 heavy (non-hydrogen) atoms. The van der Waals surface area contributed by atoms with E-state index in [1.807, 2.05) is 24.3 Å². The number of nitrogens with zero attached hydrogens (tertiary/aromatic N) is 4. The molecule has 22 aromatic rings. The van der Waals surface area contributed by atoms with Crippen molar-refractivity contribution in [2.45, 2.75) is 52.4 Å². The van der Waals surface area contributed by atoms with E-state index in [0.29, 0.717) is 11.4 Å². The molecule has 0 N–H and O–H groups in total. The SMILES string of the molecule is [C-]#[N+]c1ccc(-c2cc3c4cc5ccc(-c6ccc(-c7ccccc7)cc6)cc5cc4n4c5cc6cc(-c7ccc(-c8ccccc8)cc7)ccc6cc5c(c2)c34)cc1.[C-]#[N+]c1ccc(-c2cc3c4cc5ccc(-c6ccc(C(C)(C)C)cc6)cc5cc4n4c5cc6cc(-c7ccc(C(C)(C)C)cc7)ccc6cc5c(c2)c34)cc1. The molecule has 0 radical (unpaired) electrons. The maximum absolute atomic E-state index is 7.51. The lowest BCUT2D eigenvalue weighted by Gasteiger charge is -2.19. The summed E-state index contributed by atoms with van der Waals surface area (Å²) >= 11 is 0. The van der Waals surface area contributed by atoms with E-state index >= 15 is 0 Å². The number of fused-ring (bicyclic) bond motifs is 16. The van der Waals surface area contributed by atoms with Gasteiger partial charge >= 0.3 is 0 Å². The molecule has 18 aromatic carbocycles. The van der Waals surface area contributed by atoms with Crippen molar-refractivity contribution in [1.29, 1.82) is 0 Å². The van der Waals surface area contributed by atoms with Crippen LogP contribution in [0.2, 0.25) is 0 Å².